The van der Waals surface area contributed by atoms with Crippen LogP contribution in [-0.4, -0.2) is 22.2 Å². The van der Waals surface area contributed by atoms with Crippen molar-refractivity contribution in [2.24, 2.45) is 7.05 Å². The van der Waals surface area contributed by atoms with Crippen molar-refractivity contribution in [3.05, 3.63) is 72.3 Å². The van der Waals surface area contributed by atoms with Crippen LogP contribution in [0.15, 0.2) is 65.3 Å². The number of hydrogen-bond donors (Lipinski definition) is 2. The van der Waals surface area contributed by atoms with Gasteiger partial charge < -0.3 is 19.4 Å². The molecule has 5 heteroatoms. The van der Waals surface area contributed by atoms with Crippen LogP contribution in [0.3, 0.4) is 0 Å². The molecule has 3 aromatic rings. The third-order valence-corrected chi connectivity index (χ3v) is 3.80. The Morgan fingerprint density at radius 3 is 2.61 bits per heavy atom. The third-order valence-electron chi connectivity index (χ3n) is 3.80. The van der Waals surface area contributed by atoms with E-state index in [0.717, 1.165) is 11.3 Å². The summed E-state index contributed by atoms with van der Waals surface area (Å²) in [5, 5.41) is 12.3. The number of nitrogens with zero attached hydrogens (tertiary/aromatic N) is 1. The van der Waals surface area contributed by atoms with E-state index in [0.29, 0.717) is 11.5 Å². The number of rotatable bonds is 5. The lowest BCUT2D eigenvalue weighted by Gasteiger charge is -2.15. The maximum atomic E-state index is 12.5. The zero-order valence-corrected chi connectivity index (χ0v) is 12.8. The Hall–Kier alpha value is -2.79. The average molecular weight is 310 g/mol. The van der Waals surface area contributed by atoms with Crippen LogP contribution in [0.5, 0.6) is 0 Å². The molecule has 0 aliphatic rings. The summed E-state index contributed by atoms with van der Waals surface area (Å²) in [6, 6.07) is 16.4. The zero-order chi connectivity index (χ0) is 16.2. The number of carbonyl (C=O) groups excluding carboxylic acids is 1. The highest BCUT2D eigenvalue weighted by Crippen LogP contribution is 2.22. The third kappa shape index (κ3) is 3.05. The van der Waals surface area contributed by atoms with Gasteiger partial charge in [-0.3, -0.25) is 4.79 Å². The number of benzene rings is 1. The summed E-state index contributed by atoms with van der Waals surface area (Å²) >= 11 is 0. The largest absolute Gasteiger partial charge is 0.467 e. The molecule has 1 atom stereocenters. The smallest absolute Gasteiger partial charge is 0.268 e. The highest BCUT2D eigenvalue weighted by Gasteiger charge is 2.20. The lowest BCUT2D eigenvalue weighted by atomic mass is 10.2. The van der Waals surface area contributed by atoms with Gasteiger partial charge in [0.1, 0.15) is 17.5 Å². The molecule has 3 rings (SSSR count). The van der Waals surface area contributed by atoms with Crippen molar-refractivity contribution in [2.45, 2.75) is 6.04 Å². The highest BCUT2D eigenvalue weighted by atomic mass is 16.3. The fourth-order valence-corrected chi connectivity index (χ4v) is 2.57. The van der Waals surface area contributed by atoms with Crippen molar-refractivity contribution in [1.29, 1.82) is 0 Å². The first kappa shape index (κ1) is 15.1. The Bertz CT molecular complexity index is 776. The van der Waals surface area contributed by atoms with Crippen molar-refractivity contribution in [3.63, 3.8) is 0 Å². The molecule has 5 nitrogen and oxygen atoms in total. The molecule has 1 aromatic carbocycles. The Balaban J connectivity index is 1.82. The van der Waals surface area contributed by atoms with Gasteiger partial charge >= 0.3 is 0 Å². The number of carbonyl (C=O) groups is 1. The second kappa shape index (κ2) is 6.54. The van der Waals surface area contributed by atoms with E-state index in [9.17, 15) is 9.90 Å². The summed E-state index contributed by atoms with van der Waals surface area (Å²) in [6.07, 6.45) is 1.51. The van der Waals surface area contributed by atoms with E-state index in [-0.39, 0.29) is 12.5 Å². The molecule has 0 saturated heterocycles. The first-order chi connectivity index (χ1) is 11.2. The van der Waals surface area contributed by atoms with Crippen molar-refractivity contribution in [1.82, 2.24) is 9.88 Å². The summed E-state index contributed by atoms with van der Waals surface area (Å²) in [7, 11) is 1.85. The van der Waals surface area contributed by atoms with Gasteiger partial charge in [0, 0.05) is 12.7 Å². The topological polar surface area (TPSA) is 67.4 Å². The summed E-state index contributed by atoms with van der Waals surface area (Å²) in [5.74, 6) is 0.267. The van der Waals surface area contributed by atoms with Crippen molar-refractivity contribution < 1.29 is 14.3 Å². The molecule has 0 aliphatic heterocycles. The fraction of sp³-hybridized carbons (Fsp3) is 0.167. The Labute approximate surface area is 134 Å². The van der Waals surface area contributed by atoms with Crippen LogP contribution >= 0.6 is 0 Å². The van der Waals surface area contributed by atoms with Gasteiger partial charge in [0.2, 0.25) is 0 Å². The Morgan fingerprint density at radius 1 is 1.17 bits per heavy atom. The zero-order valence-electron chi connectivity index (χ0n) is 12.8. The SMILES string of the molecule is Cn1c(C(=O)NC(CO)c2ccco2)ccc1-c1ccccc1. The van der Waals surface area contributed by atoms with E-state index in [2.05, 4.69) is 5.32 Å². The number of furan rings is 1. The molecule has 2 aromatic heterocycles. The van der Waals surface area contributed by atoms with Crippen LogP contribution in [-0.2, 0) is 7.05 Å². The highest BCUT2D eigenvalue weighted by molar-refractivity contribution is 5.94. The van der Waals surface area contributed by atoms with Gasteiger partial charge in [0.05, 0.1) is 12.9 Å². The van der Waals surface area contributed by atoms with E-state index in [1.54, 1.807) is 18.2 Å². The first-order valence-electron chi connectivity index (χ1n) is 7.37. The Kier molecular flexibility index (Phi) is 4.30. The molecular weight excluding hydrogens is 292 g/mol. The number of aliphatic hydroxyl groups excluding tert-OH is 1. The predicted molar refractivity (Wildman–Crippen MR) is 86.9 cm³/mol. The maximum absolute atomic E-state index is 12.5. The lowest BCUT2D eigenvalue weighted by molar-refractivity contribution is 0.0899. The minimum absolute atomic E-state index is 0.227. The van der Waals surface area contributed by atoms with Crippen LogP contribution in [0.4, 0.5) is 0 Å². The van der Waals surface area contributed by atoms with E-state index in [1.807, 2.05) is 48.0 Å². The molecule has 0 saturated carbocycles. The number of amides is 1. The van der Waals surface area contributed by atoms with Gasteiger partial charge in [-0.2, -0.15) is 0 Å². The van der Waals surface area contributed by atoms with E-state index in [4.69, 9.17) is 4.42 Å². The first-order valence-corrected chi connectivity index (χ1v) is 7.37. The molecule has 0 radical (unpaired) electrons. The minimum Gasteiger partial charge on any atom is -0.467 e. The predicted octanol–water partition coefficient (Wildman–Crippen LogP) is 2.75. The number of nitrogens with one attached hydrogen (secondary N) is 1. The van der Waals surface area contributed by atoms with Crippen LogP contribution in [0, 0.1) is 0 Å². The van der Waals surface area contributed by atoms with E-state index >= 15 is 0 Å². The van der Waals surface area contributed by atoms with Crippen LogP contribution in [0.2, 0.25) is 0 Å². The van der Waals surface area contributed by atoms with Crippen molar-refractivity contribution in [2.75, 3.05) is 6.61 Å². The van der Waals surface area contributed by atoms with Gasteiger partial charge in [-0.15, -0.1) is 0 Å². The normalized spacial score (nSPS) is 12.1. The number of hydrogen-bond acceptors (Lipinski definition) is 3. The molecule has 23 heavy (non-hydrogen) atoms. The molecule has 2 heterocycles. The standard InChI is InChI=1S/C18H18N2O3/c1-20-15(13-6-3-2-4-7-13)9-10-16(20)18(22)19-14(12-21)17-8-5-11-23-17/h2-11,14,21H,12H2,1H3,(H,19,22). The van der Waals surface area contributed by atoms with E-state index < -0.39 is 6.04 Å². The second-order valence-corrected chi connectivity index (χ2v) is 5.25. The van der Waals surface area contributed by atoms with Gasteiger partial charge in [0.15, 0.2) is 0 Å². The summed E-state index contributed by atoms with van der Waals surface area (Å²) in [5.41, 5.74) is 2.52. The van der Waals surface area contributed by atoms with Gasteiger partial charge in [-0.25, -0.2) is 0 Å². The molecular formula is C18H18N2O3. The molecule has 0 fully saturated rings. The van der Waals surface area contributed by atoms with Crippen LogP contribution in [0.1, 0.15) is 22.3 Å². The monoisotopic (exact) mass is 310 g/mol. The quantitative estimate of drug-likeness (QED) is 0.761. The summed E-state index contributed by atoms with van der Waals surface area (Å²) in [6.45, 7) is -0.227. The molecule has 0 bridgehead atoms. The number of aromatic nitrogens is 1. The minimum atomic E-state index is -0.562. The molecule has 0 spiro atoms. The maximum Gasteiger partial charge on any atom is 0.268 e. The lowest BCUT2D eigenvalue weighted by Crippen LogP contribution is -2.31. The van der Waals surface area contributed by atoms with Gasteiger partial charge in [0.25, 0.3) is 5.91 Å². The summed E-state index contributed by atoms with van der Waals surface area (Å²) in [4.78, 5) is 12.5. The van der Waals surface area contributed by atoms with Crippen molar-refractivity contribution >= 4 is 5.91 Å². The number of aliphatic hydroxyl groups is 1. The molecule has 1 amide bonds. The molecule has 1 unspecified atom stereocenters. The van der Waals surface area contributed by atoms with Gasteiger partial charge in [-0.05, 0) is 29.8 Å². The van der Waals surface area contributed by atoms with Crippen LogP contribution < -0.4 is 5.32 Å². The van der Waals surface area contributed by atoms with Crippen LogP contribution in [0.25, 0.3) is 11.3 Å². The van der Waals surface area contributed by atoms with Crippen molar-refractivity contribution in [3.8, 4) is 11.3 Å². The molecule has 118 valence electrons. The van der Waals surface area contributed by atoms with E-state index in [1.165, 1.54) is 6.26 Å². The molecule has 2 N–H and O–H groups in total. The summed E-state index contributed by atoms with van der Waals surface area (Å²) < 4.78 is 7.08. The fourth-order valence-electron chi connectivity index (χ4n) is 2.57. The average Bonchev–Trinajstić information content (AvgIpc) is 3.23. The molecule has 0 aliphatic carbocycles. The van der Waals surface area contributed by atoms with Gasteiger partial charge in [-0.1, -0.05) is 30.3 Å². The second-order valence-electron chi connectivity index (χ2n) is 5.25. The Morgan fingerprint density at radius 2 is 1.96 bits per heavy atom.